The Kier molecular flexibility index (Phi) is 6.44. The molecule has 1 aliphatic heterocycles. The monoisotopic (exact) mass is 526 g/mol. The summed E-state index contributed by atoms with van der Waals surface area (Å²) in [4.78, 5) is 34.9. The number of carbonyl (C=O) groups is 2. The van der Waals surface area contributed by atoms with Gasteiger partial charge in [0.2, 0.25) is 0 Å². The van der Waals surface area contributed by atoms with Gasteiger partial charge in [0.05, 0.1) is 12.7 Å². The Bertz CT molecular complexity index is 1070. The van der Waals surface area contributed by atoms with Gasteiger partial charge < -0.3 is 24.6 Å². The van der Waals surface area contributed by atoms with E-state index in [0.29, 0.717) is 42.8 Å². The highest BCUT2D eigenvalue weighted by atomic mass is 31.2. The first-order valence-corrected chi connectivity index (χ1v) is 14.3. The normalized spacial score (nSPS) is 42.6. The highest BCUT2D eigenvalue weighted by Crippen LogP contribution is 2.64. The molecule has 6 unspecified atom stereocenters. The van der Waals surface area contributed by atoms with E-state index in [0.717, 1.165) is 32.1 Å². The number of Topliss-reactive ketones (excluding diaryl/α,β-unsaturated/α-hetero) is 1. The molecule has 1 heterocycles. The molecule has 4 aliphatic carbocycles. The topological polar surface area (TPSA) is 160 Å². The zero-order chi connectivity index (χ0) is 26.0. The van der Waals surface area contributed by atoms with Gasteiger partial charge in [-0.3, -0.25) is 14.2 Å². The number of hydrogen-bond acceptors (Lipinski definition) is 9. The minimum atomic E-state index is -4.81. The summed E-state index contributed by atoms with van der Waals surface area (Å²) in [5.74, 6) is -1.25. The average molecular weight is 527 g/mol. The van der Waals surface area contributed by atoms with Gasteiger partial charge in [0.1, 0.15) is 11.9 Å². The van der Waals surface area contributed by atoms with Gasteiger partial charge in [0, 0.05) is 11.8 Å². The lowest BCUT2D eigenvalue weighted by Gasteiger charge is -2.57. The van der Waals surface area contributed by atoms with Crippen LogP contribution in [-0.2, 0) is 27.9 Å². The average Bonchev–Trinajstić information content (AvgIpc) is 3.28. The summed E-state index contributed by atoms with van der Waals surface area (Å²) in [6.07, 6.45) is 4.63. The van der Waals surface area contributed by atoms with E-state index < -0.39 is 50.2 Å². The maximum Gasteiger partial charge on any atom is 0.528 e. The highest BCUT2D eigenvalue weighted by molar-refractivity contribution is 7.47. The van der Waals surface area contributed by atoms with E-state index in [1.54, 1.807) is 0 Å². The molecule has 3 saturated carbocycles. The SMILES string of the molecule is C[C@]12CC[C@H](OP(=O)(O)OC3=C(O)C(C(O)CO)OC3=O)CC1=CCC1C2CC[C@]2(C)C(=O)CCC12. The second-order valence-electron chi connectivity index (χ2n) is 11.5. The van der Waals surface area contributed by atoms with E-state index in [-0.39, 0.29) is 10.8 Å². The number of aliphatic hydroxyl groups excluding tert-OH is 3. The van der Waals surface area contributed by atoms with Gasteiger partial charge in [0.25, 0.3) is 5.76 Å². The maximum atomic E-state index is 12.7. The number of allylic oxidation sites excluding steroid dienone is 1. The Balaban J connectivity index is 1.28. The summed E-state index contributed by atoms with van der Waals surface area (Å²) >= 11 is 0. The molecule has 0 spiro atoms. The van der Waals surface area contributed by atoms with Crippen LogP contribution in [0, 0.1) is 28.6 Å². The molecule has 4 N–H and O–H groups in total. The van der Waals surface area contributed by atoms with Crippen molar-refractivity contribution in [1.82, 2.24) is 0 Å². The summed E-state index contributed by atoms with van der Waals surface area (Å²) in [5, 5.41) is 28.8. The van der Waals surface area contributed by atoms with E-state index in [1.165, 1.54) is 5.57 Å². The Hall–Kier alpha value is -1.71. The molecule has 36 heavy (non-hydrogen) atoms. The van der Waals surface area contributed by atoms with E-state index in [9.17, 15) is 29.3 Å². The third kappa shape index (κ3) is 4.06. The van der Waals surface area contributed by atoms with E-state index in [1.807, 2.05) is 0 Å². The number of fused-ring (bicyclic) bond motifs is 5. The quantitative estimate of drug-likeness (QED) is 0.230. The fourth-order valence-corrected chi connectivity index (χ4v) is 8.71. The first kappa shape index (κ1) is 25.9. The molecule has 0 amide bonds. The van der Waals surface area contributed by atoms with Crippen LogP contribution in [-0.4, -0.2) is 56.9 Å². The molecular formula is C25H35O10P. The van der Waals surface area contributed by atoms with Crippen LogP contribution in [0.1, 0.15) is 65.2 Å². The van der Waals surface area contributed by atoms with Gasteiger partial charge in [-0.1, -0.05) is 25.5 Å². The van der Waals surface area contributed by atoms with Crippen molar-refractivity contribution in [3.63, 3.8) is 0 Å². The molecule has 0 aromatic rings. The van der Waals surface area contributed by atoms with Crippen LogP contribution in [0.15, 0.2) is 23.2 Å². The third-order valence-corrected chi connectivity index (χ3v) is 10.7. The zero-order valence-electron chi connectivity index (χ0n) is 20.6. The first-order valence-electron chi connectivity index (χ1n) is 12.8. The number of rotatable bonds is 6. The number of esters is 1. The van der Waals surface area contributed by atoms with Crippen LogP contribution < -0.4 is 0 Å². The van der Waals surface area contributed by atoms with Crippen molar-refractivity contribution in [3.8, 4) is 0 Å². The standard InChI is InChI=1S/C25H35O10P/c1-24-9-7-14(34-36(31,32)35-22-20(29)21(18(27)12-26)33-23(22)30)11-13(24)3-4-15-16-5-6-19(28)25(16,2)10-8-17(15)24/h3,14-18,21,26-27,29H,4-12H2,1-2H3,(H,31,32)/t14-,15?,16?,17?,18?,21?,24-,25-/m0/s1. The smallest absolute Gasteiger partial charge is 0.505 e. The molecule has 11 heteroatoms. The molecule has 0 radical (unpaired) electrons. The summed E-state index contributed by atoms with van der Waals surface area (Å²) < 4.78 is 27.8. The summed E-state index contributed by atoms with van der Waals surface area (Å²) in [6.45, 7) is 3.62. The van der Waals surface area contributed by atoms with Crippen molar-refractivity contribution in [2.45, 2.75) is 83.5 Å². The lowest BCUT2D eigenvalue weighted by atomic mass is 9.48. The minimum absolute atomic E-state index is 0.0558. The molecule has 0 aromatic carbocycles. The first-order chi connectivity index (χ1) is 16.9. The van der Waals surface area contributed by atoms with Gasteiger partial charge in [-0.2, -0.15) is 0 Å². The number of ketones is 1. The lowest BCUT2D eigenvalue weighted by Crippen LogP contribution is -2.50. The molecule has 5 rings (SSSR count). The molecule has 0 bridgehead atoms. The van der Waals surface area contributed by atoms with Crippen molar-refractivity contribution in [3.05, 3.63) is 23.2 Å². The molecule has 200 valence electrons. The predicted octanol–water partition coefficient (Wildman–Crippen LogP) is 3.07. The van der Waals surface area contributed by atoms with Crippen LogP contribution in [0.4, 0.5) is 0 Å². The highest BCUT2D eigenvalue weighted by Gasteiger charge is 2.59. The number of aliphatic hydroxyl groups is 3. The van der Waals surface area contributed by atoms with Crippen molar-refractivity contribution in [2.24, 2.45) is 28.6 Å². The van der Waals surface area contributed by atoms with Gasteiger partial charge >= 0.3 is 13.8 Å². The van der Waals surface area contributed by atoms with Crippen LogP contribution >= 0.6 is 7.82 Å². The number of cyclic esters (lactones) is 1. The largest absolute Gasteiger partial charge is 0.528 e. The van der Waals surface area contributed by atoms with Crippen LogP contribution in [0.3, 0.4) is 0 Å². The Morgan fingerprint density at radius 1 is 1.17 bits per heavy atom. The molecular weight excluding hydrogens is 491 g/mol. The Morgan fingerprint density at radius 2 is 1.86 bits per heavy atom. The Labute approximate surface area is 209 Å². The molecule has 5 aliphatic rings. The summed E-state index contributed by atoms with van der Waals surface area (Å²) in [6, 6.07) is 0. The fourth-order valence-electron chi connectivity index (χ4n) is 7.71. The van der Waals surface area contributed by atoms with E-state index in [2.05, 4.69) is 19.9 Å². The maximum absolute atomic E-state index is 12.7. The van der Waals surface area contributed by atoms with Gasteiger partial charge in [0.15, 0.2) is 11.9 Å². The number of carbonyl (C=O) groups excluding carboxylic acids is 2. The van der Waals surface area contributed by atoms with Gasteiger partial charge in [-0.15, -0.1) is 0 Å². The van der Waals surface area contributed by atoms with Crippen molar-refractivity contribution < 1.29 is 48.2 Å². The van der Waals surface area contributed by atoms with E-state index >= 15 is 0 Å². The predicted molar refractivity (Wildman–Crippen MR) is 125 cm³/mol. The minimum Gasteiger partial charge on any atom is -0.505 e. The lowest BCUT2D eigenvalue weighted by molar-refractivity contribution is -0.147. The number of hydrogen-bond donors (Lipinski definition) is 4. The fraction of sp³-hybridized carbons (Fsp3) is 0.760. The van der Waals surface area contributed by atoms with Gasteiger partial charge in [-0.05, 0) is 68.1 Å². The van der Waals surface area contributed by atoms with Crippen molar-refractivity contribution >= 4 is 19.6 Å². The van der Waals surface area contributed by atoms with Crippen LogP contribution in [0.5, 0.6) is 0 Å². The second-order valence-corrected chi connectivity index (χ2v) is 12.8. The van der Waals surface area contributed by atoms with Crippen molar-refractivity contribution in [2.75, 3.05) is 6.61 Å². The molecule has 0 saturated heterocycles. The molecule has 10 nitrogen and oxygen atoms in total. The summed E-state index contributed by atoms with van der Waals surface area (Å²) in [5.41, 5.74) is 0.943. The van der Waals surface area contributed by atoms with Crippen molar-refractivity contribution in [1.29, 1.82) is 0 Å². The third-order valence-electron chi connectivity index (χ3n) is 9.71. The molecule has 3 fully saturated rings. The van der Waals surface area contributed by atoms with Gasteiger partial charge in [-0.25, -0.2) is 9.36 Å². The zero-order valence-corrected chi connectivity index (χ0v) is 21.5. The number of phosphoric ester groups is 1. The molecule has 9 atom stereocenters. The number of phosphoric acid groups is 1. The van der Waals surface area contributed by atoms with Crippen LogP contribution in [0.2, 0.25) is 0 Å². The second kappa shape index (κ2) is 8.95. The molecule has 0 aromatic heterocycles. The number of ether oxygens (including phenoxy) is 1. The van der Waals surface area contributed by atoms with E-state index in [4.69, 9.17) is 18.9 Å². The Morgan fingerprint density at radius 3 is 2.58 bits per heavy atom. The van der Waals surface area contributed by atoms with Crippen LogP contribution in [0.25, 0.3) is 0 Å². The summed E-state index contributed by atoms with van der Waals surface area (Å²) in [7, 11) is -4.81.